The molecule has 1 saturated carbocycles. The lowest BCUT2D eigenvalue weighted by molar-refractivity contribution is -0.142. The van der Waals surface area contributed by atoms with Crippen molar-refractivity contribution in [1.29, 1.82) is 0 Å². The number of likely N-dealkylation sites (tertiary alicyclic amines) is 1. The Labute approximate surface area is 107 Å². The molecule has 18 heavy (non-hydrogen) atoms. The van der Waals surface area contributed by atoms with E-state index >= 15 is 0 Å². The second-order valence-electron chi connectivity index (χ2n) is 5.24. The van der Waals surface area contributed by atoms with Gasteiger partial charge in [-0.25, -0.2) is 4.79 Å². The molecule has 1 aliphatic heterocycles. The van der Waals surface area contributed by atoms with Crippen molar-refractivity contribution in [3.05, 3.63) is 0 Å². The average Bonchev–Trinajstić information content (AvgIpc) is 2.70. The van der Waals surface area contributed by atoms with Crippen LogP contribution in [0.2, 0.25) is 0 Å². The van der Waals surface area contributed by atoms with Crippen LogP contribution in [0.3, 0.4) is 0 Å². The number of carbonyl (C=O) groups excluding carboxylic acids is 1. The number of ether oxygens (including phenoxy) is 1. The number of carboxylic acid groups (broad SMARTS) is 1. The van der Waals surface area contributed by atoms with E-state index in [1.807, 2.05) is 0 Å². The highest BCUT2D eigenvalue weighted by molar-refractivity contribution is 5.71. The van der Waals surface area contributed by atoms with Gasteiger partial charge in [0.05, 0.1) is 5.92 Å². The van der Waals surface area contributed by atoms with Crippen molar-refractivity contribution in [1.82, 2.24) is 4.90 Å². The fourth-order valence-corrected chi connectivity index (χ4v) is 2.75. The maximum atomic E-state index is 11.9. The number of carboxylic acids is 1. The molecular formula is C13H21NO4. The Kier molecular flexibility index (Phi) is 4.44. The molecule has 1 heterocycles. The van der Waals surface area contributed by atoms with Gasteiger partial charge in [0, 0.05) is 13.1 Å². The molecule has 5 nitrogen and oxygen atoms in total. The minimum atomic E-state index is -0.749. The monoisotopic (exact) mass is 255 g/mol. The SMILES string of the molecule is O=C(O)C1CCCN(C(=O)OC2CCCC2)CC1. The number of rotatable bonds is 2. The standard InChI is InChI=1S/C13H21NO4/c15-12(16)10-4-3-8-14(9-7-10)13(17)18-11-5-1-2-6-11/h10-11H,1-9H2,(H,15,16). The Bertz CT molecular complexity index is 312. The van der Waals surface area contributed by atoms with Crippen LogP contribution in [0, 0.1) is 5.92 Å². The summed E-state index contributed by atoms with van der Waals surface area (Å²) in [6.45, 7) is 1.12. The average molecular weight is 255 g/mol. The first-order chi connectivity index (χ1) is 8.66. The van der Waals surface area contributed by atoms with Crippen LogP contribution in [0.1, 0.15) is 44.9 Å². The van der Waals surface area contributed by atoms with E-state index in [4.69, 9.17) is 9.84 Å². The number of amides is 1. The first-order valence-electron chi connectivity index (χ1n) is 6.85. The Hall–Kier alpha value is -1.26. The predicted molar refractivity (Wildman–Crippen MR) is 65.3 cm³/mol. The van der Waals surface area contributed by atoms with Crippen LogP contribution in [0.5, 0.6) is 0 Å². The summed E-state index contributed by atoms with van der Waals surface area (Å²) in [5, 5.41) is 8.98. The van der Waals surface area contributed by atoms with Gasteiger partial charge in [0.25, 0.3) is 0 Å². The predicted octanol–water partition coefficient (Wildman–Crippen LogP) is 2.25. The molecule has 1 unspecified atom stereocenters. The highest BCUT2D eigenvalue weighted by Gasteiger charge is 2.27. The number of carbonyl (C=O) groups is 2. The quantitative estimate of drug-likeness (QED) is 0.821. The molecule has 5 heteroatoms. The van der Waals surface area contributed by atoms with Crippen molar-refractivity contribution in [3.63, 3.8) is 0 Å². The summed E-state index contributed by atoms with van der Waals surface area (Å²) in [6.07, 6.45) is 5.98. The smallest absolute Gasteiger partial charge is 0.410 e. The normalized spacial score (nSPS) is 25.8. The number of nitrogens with zero attached hydrogens (tertiary/aromatic N) is 1. The summed E-state index contributed by atoms with van der Waals surface area (Å²) in [7, 11) is 0. The van der Waals surface area contributed by atoms with Gasteiger partial charge >= 0.3 is 12.1 Å². The molecule has 0 bridgehead atoms. The van der Waals surface area contributed by atoms with Crippen LogP contribution in [-0.2, 0) is 9.53 Å². The summed E-state index contributed by atoms with van der Waals surface area (Å²) in [5.41, 5.74) is 0. The molecule has 1 N–H and O–H groups in total. The lowest BCUT2D eigenvalue weighted by atomic mass is 10.0. The van der Waals surface area contributed by atoms with Gasteiger partial charge in [0.2, 0.25) is 0 Å². The fourth-order valence-electron chi connectivity index (χ4n) is 2.75. The second kappa shape index (κ2) is 6.07. The summed E-state index contributed by atoms with van der Waals surface area (Å²) < 4.78 is 5.44. The molecule has 0 spiro atoms. The minimum Gasteiger partial charge on any atom is -0.481 e. The van der Waals surface area contributed by atoms with Gasteiger partial charge in [-0.2, -0.15) is 0 Å². The number of hydrogen-bond donors (Lipinski definition) is 1. The highest BCUT2D eigenvalue weighted by atomic mass is 16.6. The van der Waals surface area contributed by atoms with E-state index in [2.05, 4.69) is 0 Å². The van der Waals surface area contributed by atoms with Crippen molar-refractivity contribution in [3.8, 4) is 0 Å². The molecule has 2 rings (SSSR count). The van der Waals surface area contributed by atoms with E-state index < -0.39 is 5.97 Å². The van der Waals surface area contributed by atoms with Gasteiger partial charge in [-0.1, -0.05) is 0 Å². The van der Waals surface area contributed by atoms with Crippen LogP contribution in [-0.4, -0.2) is 41.3 Å². The van der Waals surface area contributed by atoms with Crippen molar-refractivity contribution < 1.29 is 19.4 Å². The van der Waals surface area contributed by atoms with Gasteiger partial charge in [0.15, 0.2) is 0 Å². The Morgan fingerprint density at radius 1 is 1.00 bits per heavy atom. The van der Waals surface area contributed by atoms with Crippen LogP contribution in [0.25, 0.3) is 0 Å². The van der Waals surface area contributed by atoms with Crippen molar-refractivity contribution >= 4 is 12.1 Å². The first kappa shape index (κ1) is 13.2. The largest absolute Gasteiger partial charge is 0.481 e. The molecule has 0 radical (unpaired) electrons. The number of aliphatic carboxylic acids is 1. The van der Waals surface area contributed by atoms with Crippen molar-refractivity contribution in [2.45, 2.75) is 51.0 Å². The van der Waals surface area contributed by atoms with Gasteiger partial charge in [-0.3, -0.25) is 4.79 Å². The number of hydrogen-bond acceptors (Lipinski definition) is 3. The van der Waals surface area contributed by atoms with E-state index in [0.29, 0.717) is 25.9 Å². The zero-order valence-corrected chi connectivity index (χ0v) is 10.6. The molecular weight excluding hydrogens is 234 g/mol. The Morgan fingerprint density at radius 2 is 1.72 bits per heavy atom. The zero-order chi connectivity index (χ0) is 13.0. The van der Waals surface area contributed by atoms with Crippen LogP contribution >= 0.6 is 0 Å². The Morgan fingerprint density at radius 3 is 2.39 bits per heavy atom. The lowest BCUT2D eigenvalue weighted by Gasteiger charge is -2.22. The van der Waals surface area contributed by atoms with Gasteiger partial charge in [0.1, 0.15) is 6.10 Å². The van der Waals surface area contributed by atoms with Crippen LogP contribution in [0.4, 0.5) is 4.79 Å². The summed E-state index contributed by atoms with van der Waals surface area (Å²) in [6, 6.07) is 0. The van der Waals surface area contributed by atoms with E-state index in [9.17, 15) is 9.59 Å². The summed E-state index contributed by atoms with van der Waals surface area (Å²) in [5.74, 6) is -1.06. The molecule has 1 atom stereocenters. The second-order valence-corrected chi connectivity index (χ2v) is 5.24. The molecule has 0 aromatic rings. The zero-order valence-electron chi connectivity index (χ0n) is 10.6. The molecule has 0 aromatic carbocycles. The van der Waals surface area contributed by atoms with E-state index in [-0.39, 0.29) is 18.1 Å². The topological polar surface area (TPSA) is 66.8 Å². The molecule has 1 aliphatic carbocycles. The van der Waals surface area contributed by atoms with E-state index in [0.717, 1.165) is 32.1 Å². The molecule has 0 aromatic heterocycles. The summed E-state index contributed by atoms with van der Waals surface area (Å²) in [4.78, 5) is 24.5. The summed E-state index contributed by atoms with van der Waals surface area (Å²) >= 11 is 0. The van der Waals surface area contributed by atoms with Gasteiger partial charge in [-0.15, -0.1) is 0 Å². The third kappa shape index (κ3) is 3.37. The lowest BCUT2D eigenvalue weighted by Crippen LogP contribution is -2.34. The molecule has 2 fully saturated rings. The highest BCUT2D eigenvalue weighted by Crippen LogP contribution is 2.23. The molecule has 2 aliphatic rings. The Balaban J connectivity index is 1.81. The van der Waals surface area contributed by atoms with E-state index in [1.165, 1.54) is 0 Å². The van der Waals surface area contributed by atoms with E-state index in [1.54, 1.807) is 4.90 Å². The third-order valence-corrected chi connectivity index (χ3v) is 3.91. The third-order valence-electron chi connectivity index (χ3n) is 3.91. The minimum absolute atomic E-state index is 0.0797. The van der Waals surface area contributed by atoms with Crippen LogP contribution in [0.15, 0.2) is 0 Å². The fraction of sp³-hybridized carbons (Fsp3) is 0.846. The molecule has 1 amide bonds. The van der Waals surface area contributed by atoms with Crippen molar-refractivity contribution in [2.24, 2.45) is 5.92 Å². The van der Waals surface area contributed by atoms with Crippen LogP contribution < -0.4 is 0 Å². The van der Waals surface area contributed by atoms with Gasteiger partial charge in [-0.05, 0) is 44.9 Å². The maximum absolute atomic E-state index is 11.9. The molecule has 102 valence electrons. The molecule has 1 saturated heterocycles. The van der Waals surface area contributed by atoms with Gasteiger partial charge < -0.3 is 14.7 Å². The van der Waals surface area contributed by atoms with Crippen molar-refractivity contribution in [2.75, 3.05) is 13.1 Å². The first-order valence-corrected chi connectivity index (χ1v) is 6.85. The maximum Gasteiger partial charge on any atom is 0.410 e.